The number of rotatable bonds is 7. The van der Waals surface area contributed by atoms with E-state index in [1.807, 2.05) is 81.4 Å². The average molecular weight is 396 g/mol. The molecular formula is C27H25NO2. The molecule has 3 aromatic carbocycles. The Labute approximate surface area is 178 Å². The fourth-order valence-corrected chi connectivity index (χ4v) is 3.36. The van der Waals surface area contributed by atoms with Crippen LogP contribution in [-0.2, 0) is 18.3 Å². The summed E-state index contributed by atoms with van der Waals surface area (Å²) in [5.41, 5.74) is 4.32. The highest BCUT2D eigenvalue weighted by atomic mass is 16.1. The minimum absolute atomic E-state index is 0.00483. The largest absolute Gasteiger partial charge is 0.294 e. The molecule has 0 fully saturated rings. The molecule has 0 atom stereocenters. The maximum absolute atomic E-state index is 12.9. The Hall–Kier alpha value is -3.51. The van der Waals surface area contributed by atoms with Crippen molar-refractivity contribution in [1.29, 1.82) is 5.26 Å². The van der Waals surface area contributed by atoms with Gasteiger partial charge in [-0.1, -0.05) is 66.7 Å². The van der Waals surface area contributed by atoms with E-state index in [1.165, 1.54) is 0 Å². The molecule has 0 aliphatic carbocycles. The van der Waals surface area contributed by atoms with Crippen LogP contribution >= 0.6 is 0 Å². The Morgan fingerprint density at radius 1 is 0.833 bits per heavy atom. The molecule has 0 heterocycles. The number of hydrogen-bond donors (Lipinski definition) is 0. The van der Waals surface area contributed by atoms with E-state index in [0.29, 0.717) is 17.5 Å². The van der Waals surface area contributed by atoms with Gasteiger partial charge in [0.2, 0.25) is 0 Å². The van der Waals surface area contributed by atoms with Crippen molar-refractivity contribution in [2.75, 3.05) is 0 Å². The minimum atomic E-state index is -0.648. The molecule has 3 rings (SSSR count). The smallest absolute Gasteiger partial charge is 0.167 e. The fourth-order valence-electron chi connectivity index (χ4n) is 3.36. The van der Waals surface area contributed by atoms with Crippen molar-refractivity contribution >= 4 is 11.6 Å². The lowest BCUT2D eigenvalue weighted by Crippen LogP contribution is -2.15. The van der Waals surface area contributed by atoms with Gasteiger partial charge in [-0.15, -0.1) is 0 Å². The van der Waals surface area contributed by atoms with E-state index in [1.54, 1.807) is 12.1 Å². The van der Waals surface area contributed by atoms with Gasteiger partial charge in [0.15, 0.2) is 11.6 Å². The van der Waals surface area contributed by atoms with E-state index in [0.717, 1.165) is 22.3 Å². The number of Topliss-reactive ketones (excluding diaryl/α,β-unsaturated/α-hetero) is 2. The third-order valence-corrected chi connectivity index (χ3v) is 5.41. The van der Waals surface area contributed by atoms with E-state index in [2.05, 4.69) is 6.07 Å². The van der Waals surface area contributed by atoms with Crippen LogP contribution < -0.4 is 0 Å². The van der Waals surface area contributed by atoms with Gasteiger partial charge in [-0.25, -0.2) is 0 Å². The topological polar surface area (TPSA) is 57.9 Å². The summed E-state index contributed by atoms with van der Waals surface area (Å²) in [6.07, 6.45) is 0.562. The average Bonchev–Trinajstić information content (AvgIpc) is 2.76. The molecule has 0 aliphatic rings. The van der Waals surface area contributed by atoms with Crippen molar-refractivity contribution in [3.8, 4) is 6.07 Å². The van der Waals surface area contributed by atoms with Crippen LogP contribution in [0.3, 0.4) is 0 Å². The summed E-state index contributed by atoms with van der Waals surface area (Å²) >= 11 is 0. The Morgan fingerprint density at radius 2 is 1.50 bits per heavy atom. The summed E-state index contributed by atoms with van der Waals surface area (Å²) < 4.78 is 0. The van der Waals surface area contributed by atoms with Crippen molar-refractivity contribution < 1.29 is 9.59 Å². The first-order valence-electron chi connectivity index (χ1n) is 10.0. The number of nitrogens with zero attached hydrogens (tertiary/aromatic N) is 1. The van der Waals surface area contributed by atoms with Gasteiger partial charge in [0.25, 0.3) is 0 Å². The van der Waals surface area contributed by atoms with Crippen molar-refractivity contribution in [1.82, 2.24) is 0 Å². The maximum atomic E-state index is 12.9. The molecule has 0 saturated heterocycles. The molecule has 0 spiro atoms. The van der Waals surface area contributed by atoms with Gasteiger partial charge < -0.3 is 0 Å². The van der Waals surface area contributed by atoms with Gasteiger partial charge in [-0.3, -0.25) is 9.59 Å². The molecule has 0 N–H and O–H groups in total. The van der Waals surface area contributed by atoms with Crippen molar-refractivity contribution in [3.05, 3.63) is 106 Å². The molecule has 3 aromatic rings. The summed E-state index contributed by atoms with van der Waals surface area (Å²) in [5, 5.41) is 9.36. The highest BCUT2D eigenvalue weighted by molar-refractivity contribution is 5.98. The van der Waals surface area contributed by atoms with Crippen LogP contribution in [-0.4, -0.2) is 11.6 Å². The highest BCUT2D eigenvalue weighted by Gasteiger charge is 2.21. The predicted molar refractivity (Wildman–Crippen MR) is 119 cm³/mol. The molecule has 150 valence electrons. The summed E-state index contributed by atoms with van der Waals surface area (Å²) in [6.45, 7) is 5.66. The van der Waals surface area contributed by atoms with Crippen LogP contribution in [0.15, 0.2) is 72.8 Å². The zero-order valence-corrected chi connectivity index (χ0v) is 17.6. The van der Waals surface area contributed by atoms with Gasteiger partial charge in [-0.05, 0) is 49.1 Å². The number of nitriles is 1. The molecular weight excluding hydrogens is 370 g/mol. The van der Waals surface area contributed by atoms with E-state index >= 15 is 0 Å². The van der Waals surface area contributed by atoms with Crippen LogP contribution in [0.1, 0.15) is 56.8 Å². The van der Waals surface area contributed by atoms with Crippen LogP contribution in [0.2, 0.25) is 0 Å². The van der Waals surface area contributed by atoms with Crippen molar-refractivity contribution in [2.24, 2.45) is 0 Å². The first-order chi connectivity index (χ1) is 14.3. The second-order valence-corrected chi connectivity index (χ2v) is 8.14. The van der Waals surface area contributed by atoms with Crippen LogP contribution in [0.4, 0.5) is 0 Å². The Bertz CT molecular complexity index is 1120. The second kappa shape index (κ2) is 8.88. The molecule has 0 aromatic heterocycles. The number of carbonyl (C=O) groups is 2. The standard InChI is InChI=1S/C27H25NO2/c1-19-12-13-20(14-23(19)17-26(30)21-8-5-4-6-9-21)15-25(29)22-10-7-11-24(16-22)27(2,3)18-28/h4-14,16H,15,17H2,1-3H3. The summed E-state index contributed by atoms with van der Waals surface area (Å²) in [5.74, 6) is 0.0587. The molecule has 0 saturated carbocycles. The van der Waals surface area contributed by atoms with E-state index in [4.69, 9.17) is 0 Å². The van der Waals surface area contributed by atoms with Gasteiger partial charge in [0, 0.05) is 24.0 Å². The number of benzene rings is 3. The SMILES string of the molecule is Cc1ccc(CC(=O)c2cccc(C(C)(C)C#N)c2)cc1CC(=O)c1ccccc1. The second-order valence-electron chi connectivity index (χ2n) is 8.14. The number of aryl methyl sites for hydroxylation is 1. The predicted octanol–water partition coefficient (Wildman–Crippen LogP) is 5.65. The molecule has 30 heavy (non-hydrogen) atoms. The van der Waals surface area contributed by atoms with Crippen LogP contribution in [0.5, 0.6) is 0 Å². The van der Waals surface area contributed by atoms with Gasteiger partial charge >= 0.3 is 0 Å². The van der Waals surface area contributed by atoms with E-state index < -0.39 is 5.41 Å². The van der Waals surface area contributed by atoms with E-state index in [9.17, 15) is 14.9 Å². The summed E-state index contributed by atoms with van der Waals surface area (Å²) in [7, 11) is 0. The lowest BCUT2D eigenvalue weighted by molar-refractivity contribution is 0.0986. The summed E-state index contributed by atoms with van der Waals surface area (Å²) in [4.78, 5) is 25.5. The molecule has 0 bridgehead atoms. The minimum Gasteiger partial charge on any atom is -0.294 e. The monoisotopic (exact) mass is 395 g/mol. The molecule has 0 radical (unpaired) electrons. The van der Waals surface area contributed by atoms with Crippen molar-refractivity contribution in [3.63, 3.8) is 0 Å². The zero-order valence-electron chi connectivity index (χ0n) is 17.6. The zero-order chi connectivity index (χ0) is 21.7. The molecule has 0 amide bonds. The molecule has 3 nitrogen and oxygen atoms in total. The Morgan fingerprint density at radius 3 is 2.20 bits per heavy atom. The molecule has 3 heteroatoms. The summed E-state index contributed by atoms with van der Waals surface area (Å²) in [6, 6.07) is 24.7. The molecule has 0 unspecified atom stereocenters. The third kappa shape index (κ3) is 4.90. The Kier molecular flexibility index (Phi) is 6.28. The molecule has 0 aliphatic heterocycles. The van der Waals surface area contributed by atoms with Gasteiger partial charge in [-0.2, -0.15) is 5.26 Å². The number of ketones is 2. The van der Waals surface area contributed by atoms with E-state index in [-0.39, 0.29) is 18.0 Å². The lowest BCUT2D eigenvalue weighted by Gasteiger charge is -2.16. The normalized spacial score (nSPS) is 11.0. The fraction of sp³-hybridized carbons (Fsp3) is 0.222. The van der Waals surface area contributed by atoms with Crippen LogP contribution in [0, 0.1) is 18.3 Å². The quantitative estimate of drug-likeness (QED) is 0.486. The first kappa shape index (κ1) is 21.2. The van der Waals surface area contributed by atoms with Crippen LogP contribution in [0.25, 0.3) is 0 Å². The maximum Gasteiger partial charge on any atom is 0.167 e. The number of hydrogen-bond acceptors (Lipinski definition) is 3. The highest BCUT2D eigenvalue weighted by Crippen LogP contribution is 2.24. The third-order valence-electron chi connectivity index (χ3n) is 5.41. The van der Waals surface area contributed by atoms with Gasteiger partial charge in [0.05, 0.1) is 11.5 Å². The first-order valence-corrected chi connectivity index (χ1v) is 10.0. The van der Waals surface area contributed by atoms with Gasteiger partial charge in [0.1, 0.15) is 0 Å². The Balaban J connectivity index is 1.79. The number of carbonyl (C=O) groups excluding carboxylic acids is 2. The lowest BCUT2D eigenvalue weighted by atomic mass is 9.85. The van der Waals surface area contributed by atoms with Crippen molar-refractivity contribution in [2.45, 2.75) is 39.0 Å².